The van der Waals surface area contributed by atoms with Crippen LogP contribution in [0.15, 0.2) is 48.5 Å². The predicted molar refractivity (Wildman–Crippen MR) is 76.9 cm³/mol. The zero-order chi connectivity index (χ0) is 15.4. The zero-order valence-corrected chi connectivity index (χ0v) is 11.0. The average Bonchev–Trinajstić information content (AvgIpc) is 2.49. The number of primary amides is 1. The third kappa shape index (κ3) is 3.43. The number of carbonyl (C=O) groups is 2. The standard InChI is InChI=1S/C15H14FN3O2/c16-11-7-6-10(14(18)20)8-12(11)19-15(21)13(17)9-4-2-1-3-5-9/h1-8,13H,17H2,(H2,18,20)(H,19,21)/t13-/m0/s1. The number of rotatable bonds is 4. The van der Waals surface area contributed by atoms with Gasteiger partial charge in [-0.05, 0) is 23.8 Å². The third-order valence-electron chi connectivity index (χ3n) is 2.95. The van der Waals surface area contributed by atoms with Crippen molar-refractivity contribution in [3.05, 3.63) is 65.5 Å². The van der Waals surface area contributed by atoms with Crippen LogP contribution in [0.1, 0.15) is 22.0 Å². The van der Waals surface area contributed by atoms with Crippen molar-refractivity contribution in [2.75, 3.05) is 5.32 Å². The zero-order valence-electron chi connectivity index (χ0n) is 11.0. The Morgan fingerprint density at radius 1 is 1.10 bits per heavy atom. The summed E-state index contributed by atoms with van der Waals surface area (Å²) in [7, 11) is 0. The summed E-state index contributed by atoms with van der Waals surface area (Å²) >= 11 is 0. The fraction of sp³-hybridized carbons (Fsp3) is 0.0667. The van der Waals surface area contributed by atoms with Crippen LogP contribution in [0.2, 0.25) is 0 Å². The summed E-state index contributed by atoms with van der Waals surface area (Å²) in [5.74, 6) is -1.96. The van der Waals surface area contributed by atoms with E-state index in [2.05, 4.69) is 5.32 Å². The van der Waals surface area contributed by atoms with Gasteiger partial charge in [0.25, 0.3) is 0 Å². The number of halogens is 1. The van der Waals surface area contributed by atoms with E-state index < -0.39 is 23.7 Å². The number of nitrogens with two attached hydrogens (primary N) is 2. The Kier molecular flexibility index (Phi) is 4.30. The van der Waals surface area contributed by atoms with E-state index in [4.69, 9.17) is 11.5 Å². The molecule has 0 radical (unpaired) electrons. The summed E-state index contributed by atoms with van der Waals surface area (Å²) in [4.78, 5) is 23.1. The summed E-state index contributed by atoms with van der Waals surface area (Å²) in [5, 5.41) is 2.36. The van der Waals surface area contributed by atoms with Gasteiger partial charge in [0.2, 0.25) is 11.8 Å². The van der Waals surface area contributed by atoms with Crippen LogP contribution in [0.3, 0.4) is 0 Å². The number of anilines is 1. The molecule has 0 aliphatic carbocycles. The molecule has 6 heteroatoms. The number of hydrogen-bond acceptors (Lipinski definition) is 3. The molecule has 0 aromatic heterocycles. The van der Waals surface area contributed by atoms with Crippen LogP contribution in [-0.2, 0) is 4.79 Å². The second-order valence-electron chi connectivity index (χ2n) is 4.44. The lowest BCUT2D eigenvalue weighted by atomic mass is 10.1. The number of benzene rings is 2. The second-order valence-corrected chi connectivity index (χ2v) is 4.44. The molecule has 0 heterocycles. The summed E-state index contributed by atoms with van der Waals surface area (Å²) in [6.07, 6.45) is 0. The number of hydrogen-bond donors (Lipinski definition) is 3. The molecule has 0 saturated carbocycles. The largest absolute Gasteiger partial charge is 0.366 e. The van der Waals surface area contributed by atoms with Crippen LogP contribution in [0, 0.1) is 5.82 Å². The fourth-order valence-electron chi connectivity index (χ4n) is 1.80. The molecule has 0 aliphatic heterocycles. The molecule has 1 atom stereocenters. The number of carbonyl (C=O) groups excluding carboxylic acids is 2. The van der Waals surface area contributed by atoms with Crippen LogP contribution in [-0.4, -0.2) is 11.8 Å². The van der Waals surface area contributed by atoms with Crippen molar-refractivity contribution in [1.82, 2.24) is 0 Å². The monoisotopic (exact) mass is 287 g/mol. The van der Waals surface area contributed by atoms with Gasteiger partial charge in [0, 0.05) is 5.56 Å². The van der Waals surface area contributed by atoms with E-state index >= 15 is 0 Å². The first-order valence-corrected chi connectivity index (χ1v) is 6.20. The Morgan fingerprint density at radius 3 is 2.38 bits per heavy atom. The number of amides is 2. The molecular formula is C15H14FN3O2. The maximum absolute atomic E-state index is 13.7. The third-order valence-corrected chi connectivity index (χ3v) is 2.95. The van der Waals surface area contributed by atoms with Crippen LogP contribution in [0.5, 0.6) is 0 Å². The lowest BCUT2D eigenvalue weighted by Crippen LogP contribution is -2.28. The molecule has 0 saturated heterocycles. The molecule has 5 N–H and O–H groups in total. The van der Waals surface area contributed by atoms with Gasteiger partial charge in [-0.15, -0.1) is 0 Å². The van der Waals surface area contributed by atoms with Crippen molar-refractivity contribution in [1.29, 1.82) is 0 Å². The lowest BCUT2D eigenvalue weighted by Gasteiger charge is -2.13. The molecule has 0 bridgehead atoms. The molecular weight excluding hydrogens is 273 g/mol. The molecule has 2 rings (SSSR count). The molecule has 108 valence electrons. The van der Waals surface area contributed by atoms with E-state index in [1.807, 2.05) is 0 Å². The van der Waals surface area contributed by atoms with Gasteiger partial charge in [-0.1, -0.05) is 30.3 Å². The van der Waals surface area contributed by atoms with Crippen LogP contribution in [0.4, 0.5) is 10.1 Å². The van der Waals surface area contributed by atoms with Gasteiger partial charge in [-0.2, -0.15) is 0 Å². The Bertz CT molecular complexity index is 674. The Balaban J connectivity index is 2.20. The minimum atomic E-state index is -0.942. The minimum Gasteiger partial charge on any atom is -0.366 e. The van der Waals surface area contributed by atoms with E-state index in [0.29, 0.717) is 5.56 Å². The molecule has 5 nitrogen and oxygen atoms in total. The number of nitrogens with one attached hydrogen (secondary N) is 1. The highest BCUT2D eigenvalue weighted by Gasteiger charge is 2.17. The second kappa shape index (κ2) is 6.15. The van der Waals surface area contributed by atoms with Crippen molar-refractivity contribution in [3.63, 3.8) is 0 Å². The first kappa shape index (κ1) is 14.7. The van der Waals surface area contributed by atoms with Crippen molar-refractivity contribution in [2.24, 2.45) is 11.5 Å². The molecule has 2 aromatic rings. The molecule has 0 unspecified atom stereocenters. The Hall–Kier alpha value is -2.73. The molecule has 0 fully saturated rings. The lowest BCUT2D eigenvalue weighted by molar-refractivity contribution is -0.117. The van der Waals surface area contributed by atoms with Gasteiger partial charge in [0.15, 0.2) is 0 Å². The van der Waals surface area contributed by atoms with Gasteiger partial charge < -0.3 is 16.8 Å². The Labute approximate surface area is 120 Å². The van der Waals surface area contributed by atoms with E-state index in [1.54, 1.807) is 30.3 Å². The summed E-state index contributed by atoms with van der Waals surface area (Å²) < 4.78 is 13.7. The maximum Gasteiger partial charge on any atom is 0.248 e. The van der Waals surface area contributed by atoms with Crippen molar-refractivity contribution in [2.45, 2.75) is 6.04 Å². The summed E-state index contributed by atoms with van der Waals surface area (Å²) in [6, 6.07) is 11.2. The smallest absolute Gasteiger partial charge is 0.248 e. The molecule has 2 aromatic carbocycles. The first-order valence-electron chi connectivity index (χ1n) is 6.20. The van der Waals surface area contributed by atoms with Crippen LogP contribution in [0.25, 0.3) is 0 Å². The highest BCUT2D eigenvalue weighted by molar-refractivity contribution is 5.98. The van der Waals surface area contributed by atoms with E-state index in [1.165, 1.54) is 12.1 Å². The molecule has 0 spiro atoms. The highest BCUT2D eigenvalue weighted by Crippen LogP contribution is 2.18. The van der Waals surface area contributed by atoms with Crippen molar-refractivity contribution in [3.8, 4) is 0 Å². The minimum absolute atomic E-state index is 0.0972. The van der Waals surface area contributed by atoms with E-state index in [9.17, 15) is 14.0 Å². The normalized spacial score (nSPS) is 11.7. The fourth-order valence-corrected chi connectivity index (χ4v) is 1.80. The SMILES string of the molecule is NC(=O)c1ccc(F)c(NC(=O)[C@@H](N)c2ccccc2)c1. The summed E-state index contributed by atoms with van der Waals surface area (Å²) in [6.45, 7) is 0. The van der Waals surface area contributed by atoms with Gasteiger partial charge in [-0.3, -0.25) is 9.59 Å². The summed E-state index contributed by atoms with van der Waals surface area (Å²) in [5.41, 5.74) is 11.5. The molecule has 0 aliphatic rings. The Morgan fingerprint density at radius 2 is 1.76 bits per heavy atom. The van der Waals surface area contributed by atoms with Crippen LogP contribution >= 0.6 is 0 Å². The predicted octanol–water partition coefficient (Wildman–Crippen LogP) is 1.56. The van der Waals surface area contributed by atoms with Gasteiger partial charge in [-0.25, -0.2) is 4.39 Å². The molecule has 21 heavy (non-hydrogen) atoms. The maximum atomic E-state index is 13.7. The van der Waals surface area contributed by atoms with Gasteiger partial charge >= 0.3 is 0 Å². The highest BCUT2D eigenvalue weighted by atomic mass is 19.1. The molecule has 2 amide bonds. The average molecular weight is 287 g/mol. The van der Waals surface area contributed by atoms with Crippen LogP contribution < -0.4 is 16.8 Å². The quantitative estimate of drug-likeness (QED) is 0.795. The van der Waals surface area contributed by atoms with Gasteiger partial charge in [0.1, 0.15) is 11.9 Å². The van der Waals surface area contributed by atoms with Gasteiger partial charge in [0.05, 0.1) is 5.69 Å². The van der Waals surface area contributed by atoms with Crippen molar-refractivity contribution >= 4 is 17.5 Å². The topological polar surface area (TPSA) is 98.2 Å². The van der Waals surface area contributed by atoms with Crippen molar-refractivity contribution < 1.29 is 14.0 Å². The van der Waals surface area contributed by atoms with E-state index in [0.717, 1.165) is 6.07 Å². The van der Waals surface area contributed by atoms with E-state index in [-0.39, 0.29) is 11.3 Å². The first-order chi connectivity index (χ1) is 9.99.